The van der Waals surface area contributed by atoms with E-state index in [9.17, 15) is 4.79 Å². The zero-order chi connectivity index (χ0) is 26.9. The SMILES string of the molecule is CC(C)(C)[Si](OCCCCOC1(C=O)SC=CC1C=Cc1ccccc1)(c1ccccc1)c1ccccc1. The van der Waals surface area contributed by atoms with Crippen molar-refractivity contribution >= 4 is 42.8 Å². The Hall–Kier alpha value is -2.70. The smallest absolute Gasteiger partial charge is 0.261 e. The van der Waals surface area contributed by atoms with Gasteiger partial charge in [0.15, 0.2) is 11.2 Å². The van der Waals surface area contributed by atoms with E-state index in [-0.39, 0.29) is 11.0 Å². The molecule has 0 aromatic heterocycles. The van der Waals surface area contributed by atoms with Crippen LogP contribution in [0.25, 0.3) is 6.08 Å². The molecular formula is C33H38O3SSi. The molecule has 4 rings (SSSR count). The standard InChI is InChI=1S/C33H38O3SSi/c1-32(2,3)38(30-17-9-5-10-18-30,31-19-11-6-12-20-31)36-25-14-13-24-35-33(27-34)29(23-26-37-33)22-21-28-15-7-4-8-16-28/h4-12,15-23,26-27,29H,13-14,24-25H2,1-3H3. The van der Waals surface area contributed by atoms with Crippen LogP contribution in [0.15, 0.2) is 109 Å². The first-order chi connectivity index (χ1) is 18.4. The second-order valence-corrected chi connectivity index (χ2v) is 16.1. The fourth-order valence-electron chi connectivity index (χ4n) is 5.11. The third kappa shape index (κ3) is 6.29. The Labute approximate surface area is 233 Å². The van der Waals surface area contributed by atoms with Crippen molar-refractivity contribution in [3.8, 4) is 0 Å². The van der Waals surface area contributed by atoms with Gasteiger partial charge in [0.25, 0.3) is 8.32 Å². The molecule has 0 fully saturated rings. The first kappa shape index (κ1) is 28.3. The van der Waals surface area contributed by atoms with Gasteiger partial charge in [0.1, 0.15) is 0 Å². The minimum absolute atomic E-state index is 0.0434. The van der Waals surface area contributed by atoms with E-state index >= 15 is 0 Å². The molecule has 5 heteroatoms. The molecule has 0 saturated carbocycles. The number of carbonyl (C=O) groups is 1. The molecule has 3 aromatic rings. The normalized spacial score (nSPS) is 19.7. The Balaban J connectivity index is 1.39. The minimum Gasteiger partial charge on any atom is -0.407 e. The molecule has 0 saturated heterocycles. The summed E-state index contributed by atoms with van der Waals surface area (Å²) in [5.74, 6) is -0.0986. The Kier molecular flexibility index (Phi) is 9.61. The average molecular weight is 543 g/mol. The summed E-state index contributed by atoms with van der Waals surface area (Å²) in [6.07, 6.45) is 8.80. The molecule has 1 aliphatic heterocycles. The van der Waals surface area contributed by atoms with E-state index in [0.29, 0.717) is 13.2 Å². The summed E-state index contributed by atoms with van der Waals surface area (Å²) in [4.78, 5) is 11.3. The second kappa shape index (κ2) is 12.9. The summed E-state index contributed by atoms with van der Waals surface area (Å²) in [6.45, 7) is 8.04. The molecular weight excluding hydrogens is 505 g/mol. The number of unbranched alkanes of at least 4 members (excludes halogenated alkanes) is 1. The highest BCUT2D eigenvalue weighted by Crippen LogP contribution is 2.42. The number of carbonyl (C=O) groups excluding carboxylic acids is 1. The van der Waals surface area contributed by atoms with Gasteiger partial charge in [-0.3, -0.25) is 4.79 Å². The number of ether oxygens (including phenoxy) is 1. The van der Waals surface area contributed by atoms with Crippen molar-refractivity contribution < 1.29 is 14.0 Å². The number of aldehydes is 1. The number of thioether (sulfide) groups is 1. The Morgan fingerprint density at radius 3 is 1.95 bits per heavy atom. The molecule has 3 nitrogen and oxygen atoms in total. The van der Waals surface area contributed by atoms with E-state index in [1.807, 2.05) is 29.7 Å². The van der Waals surface area contributed by atoms with Gasteiger partial charge in [-0.15, -0.1) is 0 Å². The van der Waals surface area contributed by atoms with E-state index < -0.39 is 13.3 Å². The summed E-state index contributed by atoms with van der Waals surface area (Å²) in [5, 5.41) is 4.51. The number of hydrogen-bond donors (Lipinski definition) is 0. The van der Waals surface area contributed by atoms with Crippen molar-refractivity contribution in [1.29, 1.82) is 0 Å². The lowest BCUT2D eigenvalue weighted by molar-refractivity contribution is -0.122. The highest BCUT2D eigenvalue weighted by Gasteiger charge is 2.50. The number of hydrogen-bond acceptors (Lipinski definition) is 4. The van der Waals surface area contributed by atoms with Gasteiger partial charge in [-0.05, 0) is 39.2 Å². The first-order valence-corrected chi connectivity index (χ1v) is 16.1. The lowest BCUT2D eigenvalue weighted by Gasteiger charge is -2.43. The summed E-state index contributed by atoms with van der Waals surface area (Å²) >= 11 is 1.45. The van der Waals surface area contributed by atoms with Gasteiger partial charge in [-0.2, -0.15) is 0 Å². The maximum Gasteiger partial charge on any atom is 0.261 e. The number of rotatable bonds is 12. The van der Waals surface area contributed by atoms with Crippen LogP contribution in [0, 0.1) is 5.92 Å². The van der Waals surface area contributed by atoms with Crippen LogP contribution >= 0.6 is 11.8 Å². The molecule has 1 aliphatic rings. The fourth-order valence-corrected chi connectivity index (χ4v) is 10.7. The lowest BCUT2D eigenvalue weighted by atomic mass is 10.0. The molecule has 0 N–H and O–H groups in total. The predicted octanol–water partition coefficient (Wildman–Crippen LogP) is 6.85. The minimum atomic E-state index is -2.53. The second-order valence-electron chi connectivity index (χ2n) is 10.6. The molecule has 38 heavy (non-hydrogen) atoms. The topological polar surface area (TPSA) is 35.5 Å². The van der Waals surface area contributed by atoms with Crippen LogP contribution in [0.3, 0.4) is 0 Å². The van der Waals surface area contributed by atoms with Crippen LogP contribution in [-0.4, -0.2) is 32.8 Å². The van der Waals surface area contributed by atoms with Crippen molar-refractivity contribution in [2.24, 2.45) is 5.92 Å². The van der Waals surface area contributed by atoms with Crippen LogP contribution < -0.4 is 10.4 Å². The van der Waals surface area contributed by atoms with Gasteiger partial charge in [-0.1, -0.05) is 142 Å². The van der Waals surface area contributed by atoms with Crippen molar-refractivity contribution in [1.82, 2.24) is 0 Å². The lowest BCUT2D eigenvalue weighted by Crippen LogP contribution is -2.66. The largest absolute Gasteiger partial charge is 0.407 e. The maximum absolute atomic E-state index is 12.2. The highest BCUT2D eigenvalue weighted by molar-refractivity contribution is 8.04. The monoisotopic (exact) mass is 542 g/mol. The summed E-state index contributed by atoms with van der Waals surface area (Å²) in [6, 6.07) is 31.6. The summed E-state index contributed by atoms with van der Waals surface area (Å²) in [5.41, 5.74) is 1.11. The molecule has 198 valence electrons. The third-order valence-corrected chi connectivity index (χ3v) is 13.3. The van der Waals surface area contributed by atoms with E-state index in [1.165, 1.54) is 22.1 Å². The molecule has 2 atom stereocenters. The molecule has 1 heterocycles. The van der Waals surface area contributed by atoms with Crippen LogP contribution in [0.1, 0.15) is 39.2 Å². The van der Waals surface area contributed by atoms with Crippen LogP contribution in [0.5, 0.6) is 0 Å². The van der Waals surface area contributed by atoms with E-state index in [1.54, 1.807) is 0 Å². The van der Waals surface area contributed by atoms with Gasteiger partial charge >= 0.3 is 0 Å². The summed E-state index contributed by atoms with van der Waals surface area (Å²) < 4.78 is 13.2. The first-order valence-electron chi connectivity index (χ1n) is 13.3. The molecule has 0 radical (unpaired) electrons. The van der Waals surface area contributed by atoms with E-state index in [0.717, 1.165) is 24.7 Å². The predicted molar refractivity (Wildman–Crippen MR) is 163 cm³/mol. The van der Waals surface area contributed by atoms with E-state index in [4.69, 9.17) is 9.16 Å². The van der Waals surface area contributed by atoms with Crippen LogP contribution in [0.4, 0.5) is 0 Å². The molecule has 2 unspecified atom stereocenters. The van der Waals surface area contributed by atoms with Crippen molar-refractivity contribution in [3.63, 3.8) is 0 Å². The zero-order valence-corrected chi connectivity index (χ0v) is 24.4. The summed E-state index contributed by atoms with van der Waals surface area (Å²) in [7, 11) is -2.53. The van der Waals surface area contributed by atoms with E-state index in [2.05, 4.69) is 106 Å². The number of benzene rings is 3. The van der Waals surface area contributed by atoms with Gasteiger partial charge in [-0.25, -0.2) is 0 Å². The van der Waals surface area contributed by atoms with Gasteiger partial charge < -0.3 is 9.16 Å². The Morgan fingerprint density at radius 1 is 0.842 bits per heavy atom. The van der Waals surface area contributed by atoms with Crippen LogP contribution in [-0.2, 0) is 14.0 Å². The van der Waals surface area contributed by atoms with Crippen molar-refractivity contribution in [2.75, 3.05) is 13.2 Å². The molecule has 0 aliphatic carbocycles. The zero-order valence-electron chi connectivity index (χ0n) is 22.6. The fraction of sp³-hybridized carbons (Fsp3) is 0.303. The quantitative estimate of drug-likeness (QED) is 0.143. The van der Waals surface area contributed by atoms with Gasteiger partial charge in [0, 0.05) is 19.1 Å². The van der Waals surface area contributed by atoms with Gasteiger partial charge in [0.05, 0.1) is 0 Å². The maximum atomic E-state index is 12.2. The average Bonchev–Trinajstić information content (AvgIpc) is 3.35. The molecule has 3 aromatic carbocycles. The van der Waals surface area contributed by atoms with Crippen molar-refractivity contribution in [2.45, 2.75) is 43.6 Å². The molecule has 0 amide bonds. The Bertz CT molecular complexity index is 1170. The van der Waals surface area contributed by atoms with Crippen molar-refractivity contribution in [3.05, 3.63) is 114 Å². The molecule has 0 bridgehead atoms. The molecule has 0 spiro atoms. The Morgan fingerprint density at radius 2 is 1.39 bits per heavy atom. The third-order valence-electron chi connectivity index (χ3n) is 7.06. The highest BCUT2D eigenvalue weighted by atomic mass is 32.2. The van der Waals surface area contributed by atoms with Crippen LogP contribution in [0.2, 0.25) is 5.04 Å². The van der Waals surface area contributed by atoms with Gasteiger partial charge in [0.2, 0.25) is 0 Å².